The SMILES string of the molecule is C[C@H](CNC(=O)[C@H]1CCS(=O)(=O)C1)CN(C)C(=O)OC(C)(C)C. The molecule has 1 saturated heterocycles. The number of nitrogens with zero attached hydrogens (tertiary/aromatic N) is 1. The van der Waals surface area contributed by atoms with Crippen molar-refractivity contribution in [3.8, 4) is 0 Å². The lowest BCUT2D eigenvalue weighted by molar-refractivity contribution is -0.124. The highest BCUT2D eigenvalue weighted by molar-refractivity contribution is 7.91. The van der Waals surface area contributed by atoms with Crippen LogP contribution in [0, 0.1) is 11.8 Å². The maximum atomic E-state index is 12.0. The first-order valence-electron chi connectivity index (χ1n) is 7.82. The molecule has 2 atom stereocenters. The Balaban J connectivity index is 2.35. The summed E-state index contributed by atoms with van der Waals surface area (Å²) in [5, 5.41) is 2.77. The monoisotopic (exact) mass is 348 g/mol. The zero-order chi connectivity index (χ0) is 17.8. The molecular formula is C15H28N2O5S. The van der Waals surface area contributed by atoms with E-state index in [1.165, 1.54) is 4.90 Å². The summed E-state index contributed by atoms with van der Waals surface area (Å²) in [4.78, 5) is 25.3. The van der Waals surface area contributed by atoms with Gasteiger partial charge in [0.25, 0.3) is 0 Å². The molecule has 8 heteroatoms. The van der Waals surface area contributed by atoms with Gasteiger partial charge < -0.3 is 15.0 Å². The fourth-order valence-corrected chi connectivity index (χ4v) is 4.11. The minimum absolute atomic E-state index is 0.0366. The largest absolute Gasteiger partial charge is 0.444 e. The molecule has 1 aliphatic rings. The molecule has 1 heterocycles. The predicted molar refractivity (Wildman–Crippen MR) is 87.8 cm³/mol. The third-order valence-electron chi connectivity index (χ3n) is 3.52. The van der Waals surface area contributed by atoms with E-state index < -0.39 is 27.4 Å². The van der Waals surface area contributed by atoms with Gasteiger partial charge in [0.1, 0.15) is 5.60 Å². The normalized spacial score (nSPS) is 21.5. The molecule has 7 nitrogen and oxygen atoms in total. The predicted octanol–water partition coefficient (Wildman–Crippen LogP) is 1.04. The second-order valence-corrected chi connectivity index (χ2v) is 9.54. The quantitative estimate of drug-likeness (QED) is 0.801. The maximum absolute atomic E-state index is 12.0. The molecule has 0 aliphatic carbocycles. The Bertz CT molecular complexity index is 539. The fraction of sp³-hybridized carbons (Fsp3) is 0.867. The summed E-state index contributed by atoms with van der Waals surface area (Å²) in [5.74, 6) is -0.615. The summed E-state index contributed by atoms with van der Waals surface area (Å²) in [6.45, 7) is 8.15. The summed E-state index contributed by atoms with van der Waals surface area (Å²) < 4.78 is 28.0. The molecule has 0 spiro atoms. The Morgan fingerprint density at radius 3 is 2.43 bits per heavy atom. The van der Waals surface area contributed by atoms with Gasteiger partial charge in [0.2, 0.25) is 5.91 Å². The molecule has 134 valence electrons. The van der Waals surface area contributed by atoms with Crippen molar-refractivity contribution in [1.82, 2.24) is 10.2 Å². The van der Waals surface area contributed by atoms with E-state index in [2.05, 4.69) is 5.32 Å². The Morgan fingerprint density at radius 1 is 1.35 bits per heavy atom. The molecule has 1 rings (SSSR count). The number of carbonyl (C=O) groups excluding carboxylic acids is 2. The Hall–Kier alpha value is -1.31. The summed E-state index contributed by atoms with van der Waals surface area (Å²) in [6.07, 6.45) is -0.0158. The molecule has 0 radical (unpaired) electrons. The number of rotatable bonds is 5. The highest BCUT2D eigenvalue weighted by Gasteiger charge is 2.33. The lowest BCUT2D eigenvalue weighted by Crippen LogP contribution is -2.40. The van der Waals surface area contributed by atoms with Crippen LogP contribution in [0.2, 0.25) is 0 Å². The first kappa shape index (κ1) is 19.7. The van der Waals surface area contributed by atoms with Crippen LogP contribution in [0.4, 0.5) is 4.79 Å². The number of ether oxygens (including phenoxy) is 1. The van der Waals surface area contributed by atoms with E-state index in [1.54, 1.807) is 27.8 Å². The van der Waals surface area contributed by atoms with Crippen molar-refractivity contribution >= 4 is 21.8 Å². The van der Waals surface area contributed by atoms with Gasteiger partial charge in [-0.3, -0.25) is 4.79 Å². The standard InChI is InChI=1S/C15H28N2O5S/c1-11(9-17(5)14(19)22-15(2,3)4)8-16-13(18)12-6-7-23(20,21)10-12/h11-12H,6-10H2,1-5H3,(H,16,18)/t11-,12+/m1/s1. The van der Waals surface area contributed by atoms with Crippen molar-refractivity contribution in [3.05, 3.63) is 0 Å². The molecule has 2 amide bonds. The van der Waals surface area contributed by atoms with Gasteiger partial charge in [-0.05, 0) is 33.1 Å². The number of amides is 2. The number of sulfone groups is 1. The van der Waals surface area contributed by atoms with E-state index >= 15 is 0 Å². The van der Waals surface area contributed by atoms with Crippen LogP contribution in [-0.4, -0.2) is 62.6 Å². The third kappa shape index (κ3) is 7.20. The van der Waals surface area contributed by atoms with E-state index in [0.29, 0.717) is 19.5 Å². The molecule has 1 fully saturated rings. The Morgan fingerprint density at radius 2 is 1.96 bits per heavy atom. The van der Waals surface area contributed by atoms with Crippen molar-refractivity contribution in [3.63, 3.8) is 0 Å². The Kier molecular flexibility index (Phi) is 6.44. The van der Waals surface area contributed by atoms with Crippen molar-refractivity contribution in [1.29, 1.82) is 0 Å². The van der Waals surface area contributed by atoms with E-state index in [9.17, 15) is 18.0 Å². The molecule has 23 heavy (non-hydrogen) atoms. The fourth-order valence-electron chi connectivity index (χ4n) is 2.37. The van der Waals surface area contributed by atoms with Crippen LogP contribution < -0.4 is 5.32 Å². The van der Waals surface area contributed by atoms with Crippen LogP contribution in [0.25, 0.3) is 0 Å². The molecule has 0 bridgehead atoms. The van der Waals surface area contributed by atoms with Gasteiger partial charge in [-0.1, -0.05) is 6.92 Å². The van der Waals surface area contributed by atoms with Crippen LogP contribution in [0.15, 0.2) is 0 Å². The zero-order valence-electron chi connectivity index (χ0n) is 14.6. The average molecular weight is 348 g/mol. The summed E-state index contributed by atoms with van der Waals surface area (Å²) >= 11 is 0. The number of hydrogen-bond donors (Lipinski definition) is 1. The van der Waals surface area contributed by atoms with Gasteiger partial charge in [-0.25, -0.2) is 13.2 Å². The molecule has 0 aromatic heterocycles. The van der Waals surface area contributed by atoms with Crippen molar-refractivity contribution in [2.75, 3.05) is 31.6 Å². The molecule has 0 aromatic carbocycles. The van der Waals surface area contributed by atoms with Crippen molar-refractivity contribution in [2.24, 2.45) is 11.8 Å². The number of carbonyl (C=O) groups is 2. The van der Waals surface area contributed by atoms with Gasteiger partial charge in [-0.15, -0.1) is 0 Å². The van der Waals surface area contributed by atoms with Crippen molar-refractivity contribution in [2.45, 2.75) is 39.7 Å². The van der Waals surface area contributed by atoms with E-state index in [4.69, 9.17) is 4.74 Å². The first-order chi connectivity index (χ1) is 10.4. The average Bonchev–Trinajstić information content (AvgIpc) is 2.74. The highest BCUT2D eigenvalue weighted by atomic mass is 32.2. The van der Waals surface area contributed by atoms with Gasteiger partial charge in [0, 0.05) is 20.1 Å². The summed E-state index contributed by atoms with van der Waals surface area (Å²) in [5.41, 5.74) is -0.545. The second-order valence-electron chi connectivity index (χ2n) is 7.31. The molecule has 0 saturated carbocycles. The van der Waals surface area contributed by atoms with Crippen LogP contribution in [0.5, 0.6) is 0 Å². The highest BCUT2D eigenvalue weighted by Crippen LogP contribution is 2.18. The smallest absolute Gasteiger partial charge is 0.410 e. The van der Waals surface area contributed by atoms with Gasteiger partial charge in [-0.2, -0.15) is 0 Å². The number of hydrogen-bond acceptors (Lipinski definition) is 5. The summed E-state index contributed by atoms with van der Waals surface area (Å²) in [6, 6.07) is 0. The van der Waals surface area contributed by atoms with Gasteiger partial charge in [0.15, 0.2) is 9.84 Å². The first-order valence-corrected chi connectivity index (χ1v) is 9.64. The lowest BCUT2D eigenvalue weighted by Gasteiger charge is -2.26. The van der Waals surface area contributed by atoms with Crippen molar-refractivity contribution < 1.29 is 22.7 Å². The summed E-state index contributed by atoms with van der Waals surface area (Å²) in [7, 11) is -1.41. The van der Waals surface area contributed by atoms with E-state index in [0.717, 1.165) is 0 Å². The molecule has 1 aliphatic heterocycles. The zero-order valence-corrected chi connectivity index (χ0v) is 15.4. The van der Waals surface area contributed by atoms with Crippen LogP contribution in [0.3, 0.4) is 0 Å². The van der Waals surface area contributed by atoms with Gasteiger partial charge in [0.05, 0.1) is 17.4 Å². The molecule has 0 aromatic rings. The molecule has 0 unspecified atom stereocenters. The molecular weight excluding hydrogens is 320 g/mol. The topological polar surface area (TPSA) is 92.8 Å². The van der Waals surface area contributed by atoms with Crippen LogP contribution in [0.1, 0.15) is 34.1 Å². The minimum atomic E-state index is -3.06. The lowest BCUT2D eigenvalue weighted by atomic mass is 10.1. The maximum Gasteiger partial charge on any atom is 0.410 e. The minimum Gasteiger partial charge on any atom is -0.444 e. The second kappa shape index (κ2) is 7.51. The third-order valence-corrected chi connectivity index (χ3v) is 5.29. The van der Waals surface area contributed by atoms with Crippen LogP contribution in [-0.2, 0) is 19.4 Å². The molecule has 1 N–H and O–H groups in total. The van der Waals surface area contributed by atoms with Gasteiger partial charge >= 0.3 is 6.09 Å². The van der Waals surface area contributed by atoms with E-state index in [1.807, 2.05) is 6.92 Å². The van der Waals surface area contributed by atoms with Crippen LogP contribution >= 0.6 is 0 Å². The number of nitrogens with one attached hydrogen (secondary N) is 1. The van der Waals surface area contributed by atoms with E-state index in [-0.39, 0.29) is 23.3 Å². The Labute approximate surface area is 138 Å².